The van der Waals surface area contributed by atoms with E-state index in [0.717, 1.165) is 0 Å². The Morgan fingerprint density at radius 1 is 1.56 bits per heavy atom. The molecule has 1 aromatic heterocycles. The molecule has 0 atom stereocenters. The van der Waals surface area contributed by atoms with Crippen molar-refractivity contribution in [3.8, 4) is 5.88 Å². The fraction of sp³-hybridized carbons (Fsp3) is 0.250. The molecule has 0 fully saturated rings. The van der Waals surface area contributed by atoms with Crippen molar-refractivity contribution in [2.75, 3.05) is 7.11 Å². The highest BCUT2D eigenvalue weighted by Gasteiger charge is 1.84. The minimum atomic E-state index is 0. The van der Waals surface area contributed by atoms with Gasteiger partial charge in [0.25, 0.3) is 0 Å². The lowest BCUT2D eigenvalue weighted by Crippen LogP contribution is -1.89. The summed E-state index contributed by atoms with van der Waals surface area (Å²) in [5, 5.41) is 10.3. The second-order valence-electron chi connectivity index (χ2n) is 1.16. The molecule has 0 radical (unpaired) electrons. The Bertz CT molecular complexity index is 157. The first-order valence-corrected chi connectivity index (χ1v) is 2.12. The second-order valence-corrected chi connectivity index (χ2v) is 1.16. The minimum absolute atomic E-state index is 0. The molecule has 0 aliphatic rings. The molecule has 1 rings (SSSR count). The third-order valence-corrected chi connectivity index (χ3v) is 0.688. The number of hydrogen-bond donors (Lipinski definition) is 0. The van der Waals surface area contributed by atoms with Crippen molar-refractivity contribution in [2.24, 2.45) is 0 Å². The summed E-state index contributed by atoms with van der Waals surface area (Å²) < 4.78 is 4.70. The van der Waals surface area contributed by atoms with Crippen molar-refractivity contribution in [1.29, 1.82) is 0 Å². The molecule has 1 aromatic rings. The van der Waals surface area contributed by atoms with E-state index in [1.165, 1.54) is 13.3 Å². The van der Waals surface area contributed by atoms with E-state index in [0.29, 0.717) is 5.88 Å². The van der Waals surface area contributed by atoms with Crippen LogP contribution in [-0.4, -0.2) is 22.5 Å². The lowest BCUT2D eigenvalue weighted by atomic mass is 10.7. The molecule has 0 unspecified atom stereocenters. The largest absolute Gasteiger partial charge is 0.480 e. The fourth-order valence-electron chi connectivity index (χ4n) is 0.339. The summed E-state index contributed by atoms with van der Waals surface area (Å²) in [6.07, 6.45) is 1.52. The summed E-state index contributed by atoms with van der Waals surface area (Å²) in [7, 11) is 1.53. The van der Waals surface area contributed by atoms with Gasteiger partial charge in [-0.15, -0.1) is 17.5 Å². The van der Waals surface area contributed by atoms with Gasteiger partial charge >= 0.3 is 0 Å². The highest BCUT2D eigenvalue weighted by Crippen LogP contribution is 1.95. The number of methoxy groups -OCH3 is 1. The average molecular weight is 148 g/mol. The molecule has 0 aliphatic heterocycles. The lowest BCUT2D eigenvalue weighted by Gasteiger charge is -1.90. The highest BCUT2D eigenvalue weighted by molar-refractivity contribution is 5.85. The van der Waals surface area contributed by atoms with Crippen LogP contribution in [-0.2, 0) is 0 Å². The normalized spacial score (nSPS) is 7.67. The van der Waals surface area contributed by atoms with Crippen LogP contribution in [0.3, 0.4) is 0 Å². The highest BCUT2D eigenvalue weighted by atomic mass is 35.5. The van der Waals surface area contributed by atoms with E-state index in [-0.39, 0.29) is 12.4 Å². The van der Waals surface area contributed by atoms with Crippen molar-refractivity contribution < 1.29 is 4.74 Å². The predicted octanol–water partition coefficient (Wildman–Crippen LogP) is 0.302. The molecule has 0 N–H and O–H groups in total. The van der Waals surface area contributed by atoms with E-state index in [9.17, 15) is 0 Å². The van der Waals surface area contributed by atoms with Gasteiger partial charge in [0.05, 0.1) is 13.3 Å². The number of ether oxygens (including phenoxy) is 1. The summed E-state index contributed by atoms with van der Waals surface area (Å²) >= 11 is 0. The molecule has 0 aromatic carbocycles. The number of rotatable bonds is 1. The first-order chi connectivity index (χ1) is 3.93. The van der Waals surface area contributed by atoms with Gasteiger partial charge in [0.15, 0.2) is 0 Å². The SMILES string of the molecule is COc1ccnnn1.Cl. The second kappa shape index (κ2) is 4.03. The maximum atomic E-state index is 4.70. The van der Waals surface area contributed by atoms with Gasteiger partial charge in [0, 0.05) is 6.07 Å². The van der Waals surface area contributed by atoms with Gasteiger partial charge in [-0.25, -0.2) is 0 Å². The third kappa shape index (κ3) is 2.23. The Hall–Kier alpha value is -0.900. The summed E-state index contributed by atoms with van der Waals surface area (Å²) in [4.78, 5) is 0. The van der Waals surface area contributed by atoms with Gasteiger partial charge in [-0.05, 0) is 5.21 Å². The van der Waals surface area contributed by atoms with E-state index in [4.69, 9.17) is 4.74 Å². The van der Waals surface area contributed by atoms with Crippen molar-refractivity contribution in [1.82, 2.24) is 15.4 Å². The summed E-state index contributed by atoms with van der Waals surface area (Å²) in [5.74, 6) is 0.486. The Kier molecular flexibility index (Phi) is 3.62. The van der Waals surface area contributed by atoms with Crippen molar-refractivity contribution >= 4 is 12.4 Å². The molecule has 9 heavy (non-hydrogen) atoms. The summed E-state index contributed by atoms with van der Waals surface area (Å²) in [5.41, 5.74) is 0. The van der Waals surface area contributed by atoms with E-state index < -0.39 is 0 Å². The molecule has 0 saturated carbocycles. The Morgan fingerprint density at radius 2 is 2.33 bits per heavy atom. The number of hydrogen-bond acceptors (Lipinski definition) is 4. The van der Waals surface area contributed by atoms with Gasteiger partial charge in [0.2, 0.25) is 5.88 Å². The van der Waals surface area contributed by atoms with Crippen LogP contribution in [0.5, 0.6) is 5.88 Å². The molecule has 0 spiro atoms. The standard InChI is InChI=1S/C4H5N3O.ClH/c1-8-4-2-3-5-7-6-4;/h2-3H,1H3;1H. The zero-order valence-electron chi connectivity index (χ0n) is 4.81. The van der Waals surface area contributed by atoms with Crippen molar-refractivity contribution in [3.05, 3.63) is 12.3 Å². The Morgan fingerprint density at radius 3 is 2.67 bits per heavy atom. The maximum Gasteiger partial charge on any atom is 0.236 e. The molecular weight excluding hydrogens is 142 g/mol. The predicted molar refractivity (Wildman–Crippen MR) is 33.6 cm³/mol. The van der Waals surface area contributed by atoms with E-state index in [1.54, 1.807) is 6.07 Å². The molecule has 1 heterocycles. The zero-order chi connectivity index (χ0) is 5.82. The van der Waals surface area contributed by atoms with Crippen molar-refractivity contribution in [3.63, 3.8) is 0 Å². The molecule has 0 saturated heterocycles. The first kappa shape index (κ1) is 8.10. The smallest absolute Gasteiger partial charge is 0.236 e. The first-order valence-electron chi connectivity index (χ1n) is 2.12. The molecule has 5 heteroatoms. The average Bonchev–Trinajstić information content (AvgIpc) is 1.90. The monoisotopic (exact) mass is 147 g/mol. The van der Waals surface area contributed by atoms with Crippen LogP contribution in [0.2, 0.25) is 0 Å². The van der Waals surface area contributed by atoms with Gasteiger partial charge < -0.3 is 4.74 Å². The van der Waals surface area contributed by atoms with Gasteiger partial charge in [-0.1, -0.05) is 5.10 Å². The maximum absolute atomic E-state index is 4.70. The van der Waals surface area contributed by atoms with Crippen LogP contribution in [0, 0.1) is 0 Å². The molecule has 0 amide bonds. The van der Waals surface area contributed by atoms with Crippen LogP contribution >= 0.6 is 12.4 Å². The molecular formula is C4H6ClN3O. The number of nitrogens with zero attached hydrogens (tertiary/aromatic N) is 3. The van der Waals surface area contributed by atoms with Crippen LogP contribution in [0.4, 0.5) is 0 Å². The van der Waals surface area contributed by atoms with Crippen LogP contribution < -0.4 is 4.74 Å². The molecule has 50 valence electrons. The van der Waals surface area contributed by atoms with E-state index in [1.807, 2.05) is 0 Å². The van der Waals surface area contributed by atoms with Gasteiger partial charge in [-0.3, -0.25) is 0 Å². The lowest BCUT2D eigenvalue weighted by molar-refractivity contribution is 0.388. The van der Waals surface area contributed by atoms with Gasteiger partial charge in [-0.2, -0.15) is 0 Å². The van der Waals surface area contributed by atoms with Crippen molar-refractivity contribution in [2.45, 2.75) is 0 Å². The Labute approximate surface area is 58.7 Å². The van der Waals surface area contributed by atoms with Crippen LogP contribution in [0.25, 0.3) is 0 Å². The molecule has 0 aliphatic carbocycles. The van der Waals surface area contributed by atoms with E-state index in [2.05, 4.69) is 15.4 Å². The topological polar surface area (TPSA) is 47.9 Å². The zero-order valence-corrected chi connectivity index (χ0v) is 5.63. The van der Waals surface area contributed by atoms with Gasteiger partial charge in [0.1, 0.15) is 0 Å². The minimum Gasteiger partial charge on any atom is -0.480 e. The van der Waals surface area contributed by atoms with E-state index >= 15 is 0 Å². The third-order valence-electron chi connectivity index (χ3n) is 0.688. The Balaban J connectivity index is 0.000000640. The fourth-order valence-corrected chi connectivity index (χ4v) is 0.339. The molecule has 0 bridgehead atoms. The number of halogens is 1. The quantitative estimate of drug-likeness (QED) is 0.574. The summed E-state index contributed by atoms with van der Waals surface area (Å²) in [6.45, 7) is 0. The molecule has 4 nitrogen and oxygen atoms in total. The van der Waals surface area contributed by atoms with Crippen LogP contribution in [0.15, 0.2) is 12.3 Å². The van der Waals surface area contributed by atoms with Crippen LogP contribution in [0.1, 0.15) is 0 Å². The number of aromatic nitrogens is 3. The summed E-state index contributed by atoms with van der Waals surface area (Å²) in [6, 6.07) is 1.63.